The number of aromatic nitrogens is 5. The molecule has 0 spiro atoms. The van der Waals surface area contributed by atoms with E-state index in [2.05, 4.69) is 20.3 Å². The number of hydrogen-bond acceptors (Lipinski definition) is 7. The maximum atomic E-state index is 13.0. The molecular weight excluding hydrogens is 549 g/mol. The predicted molar refractivity (Wildman–Crippen MR) is 134 cm³/mol. The lowest BCUT2D eigenvalue weighted by atomic mass is 10.2. The van der Waals surface area contributed by atoms with Crippen LogP contribution in [-0.2, 0) is 27.9 Å². The van der Waals surface area contributed by atoms with Crippen LogP contribution in [0.25, 0.3) is 11.2 Å². The number of fused-ring (bicyclic) bond motifs is 1. The Morgan fingerprint density at radius 3 is 2.47 bits per heavy atom. The molecule has 38 heavy (non-hydrogen) atoms. The molecule has 4 aromatic rings. The van der Waals surface area contributed by atoms with Crippen molar-refractivity contribution in [2.24, 2.45) is 0 Å². The van der Waals surface area contributed by atoms with Crippen molar-refractivity contribution in [3.63, 3.8) is 0 Å². The molecule has 1 atom stereocenters. The molecule has 0 fully saturated rings. The van der Waals surface area contributed by atoms with E-state index in [1.807, 2.05) is 13.8 Å². The van der Waals surface area contributed by atoms with Crippen molar-refractivity contribution in [1.82, 2.24) is 28.8 Å². The summed E-state index contributed by atoms with van der Waals surface area (Å²) < 4.78 is 61.1. The second-order valence-electron chi connectivity index (χ2n) is 8.17. The van der Waals surface area contributed by atoms with Crippen LogP contribution in [0, 0.1) is 11.7 Å². The van der Waals surface area contributed by atoms with Gasteiger partial charge in [0.25, 0.3) is 15.6 Å². The van der Waals surface area contributed by atoms with E-state index in [1.165, 1.54) is 10.3 Å². The minimum Gasteiger partial charge on any atom is -0.475 e. The van der Waals surface area contributed by atoms with Crippen molar-refractivity contribution in [3.05, 3.63) is 75.3 Å². The number of H-pyrrole nitrogens is 2. The number of aliphatic carboxylic acids is 1. The molecule has 0 aliphatic carbocycles. The highest BCUT2D eigenvalue weighted by Crippen LogP contribution is 2.18. The fourth-order valence-corrected chi connectivity index (χ4v) is 4.99. The highest BCUT2D eigenvalue weighted by Gasteiger charge is 2.38. The first-order valence-corrected chi connectivity index (χ1v) is 12.7. The molecule has 11 nitrogen and oxygen atoms in total. The number of alkyl halides is 3. The topological polar surface area (TPSA) is 155 Å². The number of nitrogens with zero attached hydrogens (tertiary/aromatic N) is 3. The number of benzene rings is 1. The van der Waals surface area contributed by atoms with Crippen LogP contribution in [-0.4, -0.2) is 55.2 Å². The lowest BCUT2D eigenvalue weighted by Gasteiger charge is -2.17. The van der Waals surface area contributed by atoms with Gasteiger partial charge >= 0.3 is 12.1 Å². The van der Waals surface area contributed by atoms with E-state index in [0.29, 0.717) is 29.9 Å². The number of aryl methyl sites for hydroxylation is 1. The van der Waals surface area contributed by atoms with Gasteiger partial charge in [-0.05, 0) is 50.3 Å². The summed E-state index contributed by atoms with van der Waals surface area (Å²) in [4.78, 5) is 30.7. The van der Waals surface area contributed by atoms with Gasteiger partial charge in [0.05, 0.1) is 11.2 Å². The van der Waals surface area contributed by atoms with Crippen molar-refractivity contribution in [2.75, 3.05) is 0 Å². The quantitative estimate of drug-likeness (QED) is 0.247. The Hall–Kier alpha value is -3.76. The van der Waals surface area contributed by atoms with Crippen molar-refractivity contribution >= 4 is 39.4 Å². The number of halogens is 3. The van der Waals surface area contributed by atoms with Crippen LogP contribution >= 0.6 is 12.2 Å². The molecule has 3 heterocycles. The molecule has 16 heteroatoms. The van der Waals surface area contributed by atoms with Gasteiger partial charge in [0, 0.05) is 31.0 Å². The normalized spacial score (nSPS) is 12.7. The first-order chi connectivity index (χ1) is 17.7. The predicted octanol–water partition coefficient (Wildman–Crippen LogP) is 2.94. The zero-order valence-corrected chi connectivity index (χ0v) is 21.6. The van der Waals surface area contributed by atoms with Crippen molar-refractivity contribution in [1.29, 1.82) is 0 Å². The summed E-state index contributed by atoms with van der Waals surface area (Å²) >= 11 is 5.29. The SMILES string of the molecule is Cc1ccc(S(=O)(=O)n2cccc2CNC(C)Cn2c(=S)[nH]c(=O)c3[nH]cnc32)cc1.O=C(O)C(F)(F)F. The molecule has 1 aromatic carbocycles. The standard InChI is InChI=1S/C20H22N6O3S2.C2HF3O2/c1-13-5-7-16(8-6-13)31(28,29)26-9-3-4-15(26)10-21-14(2)11-25-18-17(22-12-23-18)19(27)24-20(25)30;3-2(4,5)1(6)7/h3-9,12,14,21H,10-11H2,1-2H3,(H,22,23)(H,24,27,30);(H,6,7). The van der Waals surface area contributed by atoms with Gasteiger partial charge in [0.2, 0.25) is 0 Å². The second-order valence-corrected chi connectivity index (χ2v) is 10.4. The van der Waals surface area contributed by atoms with Gasteiger partial charge < -0.3 is 15.4 Å². The minimum atomic E-state index is -5.08. The number of carboxylic acid groups (broad SMARTS) is 1. The Kier molecular flexibility index (Phi) is 8.58. The minimum absolute atomic E-state index is 0.0806. The van der Waals surface area contributed by atoms with Gasteiger partial charge in [-0.25, -0.2) is 22.2 Å². The van der Waals surface area contributed by atoms with Crippen LogP contribution in [0.3, 0.4) is 0 Å². The van der Waals surface area contributed by atoms with E-state index in [9.17, 15) is 26.4 Å². The smallest absolute Gasteiger partial charge is 0.475 e. The van der Waals surface area contributed by atoms with E-state index in [-0.39, 0.29) is 21.3 Å². The summed E-state index contributed by atoms with van der Waals surface area (Å²) in [6, 6.07) is 10.2. The lowest BCUT2D eigenvalue weighted by Crippen LogP contribution is -2.32. The zero-order valence-electron chi connectivity index (χ0n) is 20.0. The number of carbonyl (C=O) groups is 1. The summed E-state index contributed by atoms with van der Waals surface area (Å²) in [6.07, 6.45) is -2.09. The molecule has 3 aromatic heterocycles. The van der Waals surface area contributed by atoms with Crippen molar-refractivity contribution < 1.29 is 31.5 Å². The van der Waals surface area contributed by atoms with Gasteiger partial charge in [-0.1, -0.05) is 17.7 Å². The summed E-state index contributed by atoms with van der Waals surface area (Å²) in [5.41, 5.74) is 2.14. The third-order valence-corrected chi connectivity index (χ3v) is 7.33. The number of imidazole rings is 1. The van der Waals surface area contributed by atoms with E-state index in [4.69, 9.17) is 22.1 Å². The second kappa shape index (κ2) is 11.3. The number of rotatable bonds is 7. The Morgan fingerprint density at radius 1 is 1.24 bits per heavy atom. The molecule has 4 N–H and O–H groups in total. The number of carboxylic acids is 1. The third kappa shape index (κ3) is 6.56. The molecular formula is C22H23F3N6O5S2. The maximum Gasteiger partial charge on any atom is 0.490 e. The maximum absolute atomic E-state index is 13.0. The van der Waals surface area contributed by atoms with E-state index in [1.54, 1.807) is 47.2 Å². The van der Waals surface area contributed by atoms with Gasteiger partial charge in [0.1, 0.15) is 5.52 Å². The average molecular weight is 573 g/mol. The molecule has 0 radical (unpaired) electrons. The Morgan fingerprint density at radius 2 is 1.87 bits per heavy atom. The first-order valence-electron chi connectivity index (χ1n) is 10.9. The van der Waals surface area contributed by atoms with Crippen LogP contribution < -0.4 is 10.9 Å². The van der Waals surface area contributed by atoms with Gasteiger partial charge in [-0.15, -0.1) is 0 Å². The van der Waals surface area contributed by atoms with Gasteiger partial charge in [-0.2, -0.15) is 13.2 Å². The number of aromatic amines is 2. The van der Waals surface area contributed by atoms with E-state index >= 15 is 0 Å². The highest BCUT2D eigenvalue weighted by atomic mass is 32.2. The van der Waals surface area contributed by atoms with Crippen molar-refractivity contribution in [3.8, 4) is 0 Å². The summed E-state index contributed by atoms with van der Waals surface area (Å²) in [5, 5.41) is 10.4. The van der Waals surface area contributed by atoms with E-state index in [0.717, 1.165) is 5.56 Å². The van der Waals surface area contributed by atoms with Crippen LogP contribution in [0.2, 0.25) is 0 Å². The number of hydrogen-bond donors (Lipinski definition) is 4. The molecule has 0 saturated heterocycles. The van der Waals surface area contributed by atoms with Crippen molar-refractivity contribution in [2.45, 2.75) is 44.1 Å². The van der Waals surface area contributed by atoms with Crippen LogP contribution in [0.4, 0.5) is 13.2 Å². The van der Waals surface area contributed by atoms with Crippen LogP contribution in [0.1, 0.15) is 18.2 Å². The Labute approximate surface area is 219 Å². The highest BCUT2D eigenvalue weighted by molar-refractivity contribution is 7.90. The Bertz CT molecular complexity index is 1650. The lowest BCUT2D eigenvalue weighted by molar-refractivity contribution is -0.192. The van der Waals surface area contributed by atoms with Gasteiger partial charge in [0.15, 0.2) is 10.4 Å². The largest absolute Gasteiger partial charge is 0.490 e. The molecule has 0 aliphatic rings. The monoisotopic (exact) mass is 572 g/mol. The summed E-state index contributed by atoms with van der Waals surface area (Å²) in [7, 11) is -3.68. The van der Waals surface area contributed by atoms with E-state index < -0.39 is 22.2 Å². The Balaban J connectivity index is 0.000000505. The fourth-order valence-electron chi connectivity index (χ4n) is 3.37. The zero-order chi connectivity index (χ0) is 28.3. The molecule has 0 aliphatic heterocycles. The molecule has 0 saturated carbocycles. The van der Waals surface area contributed by atoms with Gasteiger partial charge in [-0.3, -0.25) is 14.3 Å². The molecule has 0 amide bonds. The summed E-state index contributed by atoms with van der Waals surface area (Å²) in [5.74, 6) is -2.76. The average Bonchev–Trinajstić information content (AvgIpc) is 3.51. The third-order valence-electron chi connectivity index (χ3n) is 5.27. The molecule has 4 rings (SSSR count). The van der Waals surface area contributed by atoms with Crippen LogP contribution in [0.15, 0.2) is 58.6 Å². The number of nitrogens with one attached hydrogen (secondary N) is 3. The molecule has 1 unspecified atom stereocenters. The first kappa shape index (κ1) is 28.8. The summed E-state index contributed by atoms with van der Waals surface area (Å²) in [6.45, 7) is 4.64. The molecule has 0 bridgehead atoms. The van der Waals surface area contributed by atoms with Crippen LogP contribution in [0.5, 0.6) is 0 Å². The fraction of sp³-hybridized carbons (Fsp3) is 0.273. The molecule has 204 valence electrons.